The summed E-state index contributed by atoms with van der Waals surface area (Å²) >= 11 is 6.11. The average molecular weight is 510 g/mol. The number of fused-ring (bicyclic) bond motifs is 1. The molecule has 6 nitrogen and oxygen atoms in total. The maximum atomic E-state index is 14.3. The van der Waals surface area contributed by atoms with Crippen LogP contribution in [0.5, 0.6) is 0 Å². The summed E-state index contributed by atoms with van der Waals surface area (Å²) in [5.41, 5.74) is -0.339. The van der Waals surface area contributed by atoms with E-state index in [1.165, 1.54) is 6.07 Å². The van der Waals surface area contributed by atoms with Gasteiger partial charge in [-0.25, -0.2) is 8.78 Å². The van der Waals surface area contributed by atoms with E-state index in [2.05, 4.69) is 5.32 Å². The predicted molar refractivity (Wildman–Crippen MR) is 126 cm³/mol. The molecule has 1 aliphatic heterocycles. The third-order valence-electron chi connectivity index (χ3n) is 6.27. The average Bonchev–Trinajstić information content (AvgIpc) is 3.10. The van der Waals surface area contributed by atoms with Crippen molar-refractivity contribution in [3.05, 3.63) is 70.2 Å². The molecule has 1 aliphatic carbocycles. The van der Waals surface area contributed by atoms with Gasteiger partial charge in [0.2, 0.25) is 0 Å². The molecule has 1 amide bonds. The van der Waals surface area contributed by atoms with Crippen LogP contribution in [0.25, 0.3) is 0 Å². The monoisotopic (exact) mass is 509 g/mol. The van der Waals surface area contributed by atoms with Crippen LogP contribution in [0.3, 0.4) is 0 Å². The fourth-order valence-corrected chi connectivity index (χ4v) is 4.93. The molecule has 1 heterocycles. The number of benzene rings is 2. The van der Waals surface area contributed by atoms with Crippen LogP contribution in [-0.4, -0.2) is 42.2 Å². The van der Waals surface area contributed by atoms with Crippen molar-refractivity contribution >= 4 is 17.5 Å². The van der Waals surface area contributed by atoms with Gasteiger partial charge in [0, 0.05) is 36.0 Å². The van der Waals surface area contributed by atoms with Crippen molar-refractivity contribution in [3.8, 4) is 0 Å². The number of hydrogen-bond acceptors (Lipinski definition) is 5. The lowest BCUT2D eigenvalue weighted by molar-refractivity contribution is -0.183. The summed E-state index contributed by atoms with van der Waals surface area (Å²) in [6.07, 6.45) is -1.08. The first-order chi connectivity index (χ1) is 16.6. The van der Waals surface area contributed by atoms with Crippen LogP contribution in [0.4, 0.5) is 8.78 Å². The van der Waals surface area contributed by atoms with Gasteiger partial charge in [0.25, 0.3) is 5.91 Å². The highest BCUT2D eigenvalue weighted by Crippen LogP contribution is 2.44. The van der Waals surface area contributed by atoms with Gasteiger partial charge >= 0.3 is 0 Å². The van der Waals surface area contributed by atoms with E-state index in [1.54, 1.807) is 6.07 Å². The van der Waals surface area contributed by atoms with Gasteiger partial charge in [-0.3, -0.25) is 4.79 Å². The minimum absolute atomic E-state index is 0.150. The molecule has 2 fully saturated rings. The quantitative estimate of drug-likeness (QED) is 0.548. The summed E-state index contributed by atoms with van der Waals surface area (Å²) in [5, 5.41) is 3.42. The second kappa shape index (κ2) is 10.5. The van der Waals surface area contributed by atoms with Gasteiger partial charge in [-0.05, 0) is 44.5 Å². The summed E-state index contributed by atoms with van der Waals surface area (Å²) in [6, 6.07) is 10.6. The van der Waals surface area contributed by atoms with Crippen molar-refractivity contribution in [2.45, 2.75) is 76.5 Å². The molecule has 0 unspecified atom stereocenters. The van der Waals surface area contributed by atoms with E-state index < -0.39 is 41.3 Å². The molecule has 2 aromatic carbocycles. The van der Waals surface area contributed by atoms with Gasteiger partial charge in [-0.2, -0.15) is 0 Å². The van der Waals surface area contributed by atoms with Crippen molar-refractivity contribution < 1.29 is 32.5 Å². The number of ether oxygens (including phenoxy) is 4. The number of amides is 1. The maximum absolute atomic E-state index is 14.3. The minimum Gasteiger partial charge on any atom is -0.371 e. The third kappa shape index (κ3) is 6.01. The van der Waals surface area contributed by atoms with Crippen LogP contribution in [0.1, 0.15) is 44.7 Å². The third-order valence-corrected chi connectivity index (χ3v) is 6.51. The number of carbonyl (C=O) groups excluding carboxylic acids is 1. The smallest absolute Gasteiger partial charge is 0.252 e. The van der Waals surface area contributed by atoms with E-state index in [1.807, 2.05) is 39.0 Å². The van der Waals surface area contributed by atoms with Crippen molar-refractivity contribution in [1.82, 2.24) is 5.32 Å². The maximum Gasteiger partial charge on any atom is 0.252 e. The number of likely N-dealkylation sites (N-methyl/N-ethyl adjacent to an activating group) is 1. The van der Waals surface area contributed by atoms with Crippen LogP contribution in [0.15, 0.2) is 42.5 Å². The summed E-state index contributed by atoms with van der Waals surface area (Å²) in [4.78, 5) is 13.3. The van der Waals surface area contributed by atoms with Crippen LogP contribution < -0.4 is 5.32 Å². The zero-order valence-electron chi connectivity index (χ0n) is 20.0. The molecule has 4 atom stereocenters. The molecule has 2 aliphatic rings. The number of carbonyl (C=O) groups is 1. The van der Waals surface area contributed by atoms with E-state index >= 15 is 0 Å². The Morgan fingerprint density at radius 1 is 1.14 bits per heavy atom. The van der Waals surface area contributed by atoms with E-state index in [0.717, 1.165) is 17.7 Å². The standard InChI is InChI=1S/C26H30ClF2NO5/c1-4-30-24(31)26(33-15-17-8-9-19(28)11-20(17)29)12-21(23-22(13-26)34-25(2,3)35-23)32-14-16-6-5-7-18(27)10-16/h5-11,21-23H,4,12-15H2,1-3H3,(H,30,31)/t21-,22-,23+,26-/m1/s1. The Morgan fingerprint density at radius 2 is 1.94 bits per heavy atom. The largest absolute Gasteiger partial charge is 0.371 e. The molecule has 0 bridgehead atoms. The zero-order valence-corrected chi connectivity index (χ0v) is 20.7. The molecule has 0 spiro atoms. The lowest BCUT2D eigenvalue weighted by Gasteiger charge is -2.43. The van der Waals surface area contributed by atoms with Crippen molar-refractivity contribution in [2.75, 3.05) is 6.54 Å². The number of nitrogens with one attached hydrogen (secondary N) is 1. The normalized spacial score (nSPS) is 27.4. The topological polar surface area (TPSA) is 66.0 Å². The highest BCUT2D eigenvalue weighted by atomic mass is 35.5. The van der Waals surface area contributed by atoms with E-state index in [4.69, 9.17) is 30.5 Å². The molecule has 35 heavy (non-hydrogen) atoms. The molecule has 1 saturated carbocycles. The molecule has 9 heteroatoms. The summed E-state index contributed by atoms with van der Waals surface area (Å²) in [5.74, 6) is -2.63. The summed E-state index contributed by atoms with van der Waals surface area (Å²) in [6.45, 7) is 5.84. The fraction of sp³-hybridized carbons (Fsp3) is 0.500. The second-order valence-electron chi connectivity index (χ2n) is 9.40. The molecule has 190 valence electrons. The first-order valence-corrected chi connectivity index (χ1v) is 12.1. The molecule has 1 saturated heterocycles. The van der Waals surface area contributed by atoms with Crippen LogP contribution in [0.2, 0.25) is 5.02 Å². The first kappa shape index (κ1) is 26.0. The number of halogens is 3. The Balaban J connectivity index is 1.60. The number of hydrogen-bond donors (Lipinski definition) is 1. The van der Waals surface area contributed by atoms with E-state index in [-0.39, 0.29) is 37.5 Å². The van der Waals surface area contributed by atoms with Gasteiger partial charge in [0.15, 0.2) is 11.4 Å². The Kier molecular flexibility index (Phi) is 7.78. The molecule has 1 N–H and O–H groups in total. The fourth-order valence-electron chi connectivity index (χ4n) is 4.71. The lowest BCUT2D eigenvalue weighted by atomic mass is 9.78. The van der Waals surface area contributed by atoms with Crippen LogP contribution in [0, 0.1) is 11.6 Å². The Labute approximate surface area is 208 Å². The minimum atomic E-state index is -1.36. The molecule has 4 rings (SSSR count). The van der Waals surface area contributed by atoms with E-state index in [0.29, 0.717) is 11.6 Å². The lowest BCUT2D eigenvalue weighted by Crippen LogP contribution is -2.60. The molecule has 0 aromatic heterocycles. The molecule has 0 radical (unpaired) electrons. The Morgan fingerprint density at radius 3 is 2.66 bits per heavy atom. The zero-order chi connectivity index (χ0) is 25.2. The molecular weight excluding hydrogens is 480 g/mol. The van der Waals surface area contributed by atoms with Crippen molar-refractivity contribution in [3.63, 3.8) is 0 Å². The number of rotatable bonds is 8. The molecular formula is C26H30ClF2NO5. The van der Waals surface area contributed by atoms with Crippen molar-refractivity contribution in [1.29, 1.82) is 0 Å². The Bertz CT molecular complexity index is 1070. The van der Waals surface area contributed by atoms with Crippen molar-refractivity contribution in [2.24, 2.45) is 0 Å². The predicted octanol–water partition coefficient (Wildman–Crippen LogP) is 4.91. The summed E-state index contributed by atoms with van der Waals surface area (Å²) < 4.78 is 52.4. The van der Waals surface area contributed by atoms with Crippen LogP contribution >= 0.6 is 11.6 Å². The highest BCUT2D eigenvalue weighted by molar-refractivity contribution is 6.30. The van der Waals surface area contributed by atoms with Gasteiger partial charge in [-0.1, -0.05) is 29.8 Å². The van der Waals surface area contributed by atoms with Gasteiger partial charge in [-0.15, -0.1) is 0 Å². The first-order valence-electron chi connectivity index (χ1n) is 11.7. The van der Waals surface area contributed by atoms with E-state index in [9.17, 15) is 13.6 Å². The molecule has 2 aromatic rings. The summed E-state index contributed by atoms with van der Waals surface area (Å²) in [7, 11) is 0. The second-order valence-corrected chi connectivity index (χ2v) is 9.84. The highest BCUT2D eigenvalue weighted by Gasteiger charge is 2.58. The van der Waals surface area contributed by atoms with Gasteiger partial charge < -0.3 is 24.3 Å². The van der Waals surface area contributed by atoms with Gasteiger partial charge in [0.1, 0.15) is 17.7 Å². The van der Waals surface area contributed by atoms with Crippen LogP contribution in [-0.2, 0) is 37.0 Å². The van der Waals surface area contributed by atoms with Gasteiger partial charge in [0.05, 0.1) is 25.4 Å². The SMILES string of the molecule is CCNC(=O)[C@@]1(OCc2ccc(F)cc2F)C[C@@H](OCc2cccc(Cl)c2)[C@@H]2OC(C)(C)O[C@@H]2C1. The Hall–Kier alpha value is -2.10.